The standard InChI is InChI=1S/C8H14N2O4/c1-8(14,7(12)13)4-10-3-2-5(10)6(9)11/h5,14H,2-4H2,1H3,(H2,9,11)(H,12,13). The second kappa shape index (κ2) is 3.55. The van der Waals surface area contributed by atoms with Crippen LogP contribution in [0.5, 0.6) is 0 Å². The summed E-state index contributed by atoms with van der Waals surface area (Å²) in [6, 6.07) is -0.430. The molecular weight excluding hydrogens is 188 g/mol. The zero-order valence-corrected chi connectivity index (χ0v) is 7.93. The Labute approximate surface area is 81.3 Å². The maximum absolute atomic E-state index is 10.8. The molecule has 0 spiro atoms. The van der Waals surface area contributed by atoms with Crippen LogP contribution in [0, 0.1) is 0 Å². The molecule has 0 aromatic heterocycles. The lowest BCUT2D eigenvalue weighted by atomic mass is 9.98. The predicted octanol–water partition coefficient (Wildman–Crippen LogP) is -1.62. The van der Waals surface area contributed by atoms with E-state index in [2.05, 4.69) is 0 Å². The quantitative estimate of drug-likeness (QED) is 0.508. The highest BCUT2D eigenvalue weighted by Gasteiger charge is 2.40. The first-order chi connectivity index (χ1) is 6.34. The van der Waals surface area contributed by atoms with Gasteiger partial charge in [-0.25, -0.2) is 4.79 Å². The van der Waals surface area contributed by atoms with Crippen molar-refractivity contribution in [3.8, 4) is 0 Å². The first kappa shape index (κ1) is 10.9. The lowest BCUT2D eigenvalue weighted by Crippen LogP contribution is -2.60. The van der Waals surface area contributed by atoms with Crippen molar-refractivity contribution in [1.29, 1.82) is 0 Å². The molecule has 1 fully saturated rings. The van der Waals surface area contributed by atoms with Gasteiger partial charge in [0, 0.05) is 13.1 Å². The Bertz CT molecular complexity index is 264. The van der Waals surface area contributed by atoms with Crippen LogP contribution < -0.4 is 5.73 Å². The predicted molar refractivity (Wildman–Crippen MR) is 47.4 cm³/mol. The molecule has 1 saturated heterocycles. The van der Waals surface area contributed by atoms with Gasteiger partial charge in [-0.2, -0.15) is 0 Å². The number of nitrogens with two attached hydrogens (primary N) is 1. The zero-order valence-electron chi connectivity index (χ0n) is 7.93. The van der Waals surface area contributed by atoms with Crippen LogP contribution >= 0.6 is 0 Å². The summed E-state index contributed by atoms with van der Waals surface area (Å²) in [7, 11) is 0. The molecule has 0 aromatic carbocycles. The van der Waals surface area contributed by atoms with E-state index in [1.807, 2.05) is 0 Å². The highest BCUT2D eigenvalue weighted by atomic mass is 16.4. The highest BCUT2D eigenvalue weighted by Crippen LogP contribution is 2.20. The molecule has 6 nitrogen and oxygen atoms in total. The summed E-state index contributed by atoms with van der Waals surface area (Å²) >= 11 is 0. The van der Waals surface area contributed by atoms with Crippen molar-refractivity contribution >= 4 is 11.9 Å². The van der Waals surface area contributed by atoms with Crippen LogP contribution in [0.3, 0.4) is 0 Å². The molecule has 0 bridgehead atoms. The first-order valence-electron chi connectivity index (χ1n) is 4.34. The Morgan fingerprint density at radius 1 is 1.64 bits per heavy atom. The summed E-state index contributed by atoms with van der Waals surface area (Å²) in [5.74, 6) is -1.77. The Morgan fingerprint density at radius 2 is 2.21 bits per heavy atom. The summed E-state index contributed by atoms with van der Waals surface area (Å²) in [6.45, 7) is 1.72. The second-order valence-electron chi connectivity index (χ2n) is 3.76. The van der Waals surface area contributed by atoms with Crippen molar-refractivity contribution in [3.63, 3.8) is 0 Å². The van der Waals surface area contributed by atoms with E-state index >= 15 is 0 Å². The number of hydrogen-bond acceptors (Lipinski definition) is 4. The Kier molecular flexibility index (Phi) is 2.77. The van der Waals surface area contributed by atoms with Crippen molar-refractivity contribution in [2.45, 2.75) is 25.0 Å². The van der Waals surface area contributed by atoms with E-state index in [0.717, 1.165) is 0 Å². The molecule has 6 heteroatoms. The summed E-state index contributed by atoms with van der Waals surface area (Å²) < 4.78 is 0. The molecule has 4 N–H and O–H groups in total. The molecule has 1 aliphatic heterocycles. The number of carbonyl (C=O) groups is 2. The van der Waals surface area contributed by atoms with Gasteiger partial charge in [0.2, 0.25) is 5.91 Å². The summed E-state index contributed by atoms with van der Waals surface area (Å²) in [4.78, 5) is 22.9. The number of carboxylic acids is 1. The molecule has 2 unspecified atom stereocenters. The van der Waals surface area contributed by atoms with Gasteiger partial charge in [-0.1, -0.05) is 0 Å². The van der Waals surface area contributed by atoms with Gasteiger partial charge in [0.1, 0.15) is 0 Å². The third-order valence-corrected chi connectivity index (χ3v) is 2.43. The van der Waals surface area contributed by atoms with Crippen LogP contribution in [0.2, 0.25) is 0 Å². The maximum Gasteiger partial charge on any atom is 0.336 e. The van der Waals surface area contributed by atoms with E-state index in [4.69, 9.17) is 10.8 Å². The fourth-order valence-electron chi connectivity index (χ4n) is 1.42. The fraction of sp³-hybridized carbons (Fsp3) is 0.750. The minimum absolute atomic E-state index is 0.0735. The molecule has 14 heavy (non-hydrogen) atoms. The van der Waals surface area contributed by atoms with Crippen LogP contribution in [0.25, 0.3) is 0 Å². The number of likely N-dealkylation sites (tertiary alicyclic amines) is 1. The van der Waals surface area contributed by atoms with Gasteiger partial charge in [0.05, 0.1) is 6.04 Å². The van der Waals surface area contributed by atoms with Gasteiger partial charge >= 0.3 is 5.97 Å². The average molecular weight is 202 g/mol. The van der Waals surface area contributed by atoms with Gasteiger partial charge < -0.3 is 15.9 Å². The highest BCUT2D eigenvalue weighted by molar-refractivity contribution is 5.81. The number of nitrogens with zero attached hydrogens (tertiary/aromatic N) is 1. The number of carboxylic acid groups (broad SMARTS) is 1. The molecule has 0 radical (unpaired) electrons. The largest absolute Gasteiger partial charge is 0.479 e. The van der Waals surface area contributed by atoms with Crippen LogP contribution in [0.15, 0.2) is 0 Å². The number of hydrogen-bond donors (Lipinski definition) is 3. The molecular formula is C8H14N2O4. The van der Waals surface area contributed by atoms with Crippen molar-refractivity contribution in [2.24, 2.45) is 5.73 Å². The number of aliphatic carboxylic acids is 1. The summed E-state index contributed by atoms with van der Waals surface area (Å²) in [5.41, 5.74) is 3.25. The lowest BCUT2D eigenvalue weighted by molar-refractivity contribution is -0.161. The van der Waals surface area contributed by atoms with E-state index in [0.29, 0.717) is 13.0 Å². The normalized spacial score (nSPS) is 26.3. The van der Waals surface area contributed by atoms with Crippen molar-refractivity contribution in [2.75, 3.05) is 13.1 Å². The average Bonchev–Trinajstić information content (AvgIpc) is 1.97. The molecule has 1 rings (SSSR count). The summed E-state index contributed by atoms with van der Waals surface area (Å²) in [5, 5.41) is 18.1. The van der Waals surface area contributed by atoms with Gasteiger partial charge in [0.25, 0.3) is 0 Å². The van der Waals surface area contributed by atoms with E-state index < -0.39 is 23.5 Å². The van der Waals surface area contributed by atoms with Gasteiger partial charge in [0.15, 0.2) is 5.60 Å². The molecule has 1 heterocycles. The van der Waals surface area contributed by atoms with Gasteiger partial charge in [-0.15, -0.1) is 0 Å². The number of β-amino-alcohol motifs (C(OH)–C–C–N with tert-alkyl or cyclic N) is 1. The smallest absolute Gasteiger partial charge is 0.336 e. The van der Waals surface area contributed by atoms with E-state index in [1.54, 1.807) is 4.90 Å². The fourth-order valence-corrected chi connectivity index (χ4v) is 1.42. The molecule has 2 atom stereocenters. The first-order valence-corrected chi connectivity index (χ1v) is 4.34. The van der Waals surface area contributed by atoms with Crippen LogP contribution in [-0.4, -0.2) is 51.7 Å². The summed E-state index contributed by atoms with van der Waals surface area (Å²) in [6.07, 6.45) is 0.630. The molecule has 0 saturated carbocycles. The second-order valence-corrected chi connectivity index (χ2v) is 3.76. The molecule has 80 valence electrons. The minimum atomic E-state index is -1.83. The third kappa shape index (κ3) is 2.02. The molecule has 0 aliphatic carbocycles. The van der Waals surface area contributed by atoms with Crippen LogP contribution in [0.4, 0.5) is 0 Å². The van der Waals surface area contributed by atoms with E-state index in [9.17, 15) is 14.7 Å². The van der Waals surface area contributed by atoms with Crippen molar-refractivity contribution in [1.82, 2.24) is 4.90 Å². The Hall–Kier alpha value is -1.14. The molecule has 1 amide bonds. The number of carbonyl (C=O) groups excluding carboxylic acids is 1. The number of rotatable bonds is 4. The van der Waals surface area contributed by atoms with Crippen molar-refractivity contribution < 1.29 is 19.8 Å². The Balaban J connectivity index is 2.53. The zero-order chi connectivity index (χ0) is 10.9. The molecule has 0 aromatic rings. The van der Waals surface area contributed by atoms with Gasteiger partial charge in [-0.3, -0.25) is 9.69 Å². The van der Waals surface area contributed by atoms with E-state index in [1.165, 1.54) is 6.92 Å². The maximum atomic E-state index is 10.8. The Morgan fingerprint density at radius 3 is 2.50 bits per heavy atom. The topological polar surface area (TPSA) is 104 Å². The SMILES string of the molecule is CC(O)(CN1CCC1C(N)=O)C(=O)O. The monoisotopic (exact) mass is 202 g/mol. The van der Waals surface area contributed by atoms with Crippen LogP contribution in [-0.2, 0) is 9.59 Å². The molecule has 1 aliphatic rings. The number of amides is 1. The van der Waals surface area contributed by atoms with Gasteiger partial charge in [-0.05, 0) is 13.3 Å². The third-order valence-electron chi connectivity index (χ3n) is 2.43. The number of primary amides is 1. The van der Waals surface area contributed by atoms with Crippen molar-refractivity contribution in [3.05, 3.63) is 0 Å². The minimum Gasteiger partial charge on any atom is -0.479 e. The van der Waals surface area contributed by atoms with E-state index in [-0.39, 0.29) is 6.54 Å². The van der Waals surface area contributed by atoms with Crippen LogP contribution in [0.1, 0.15) is 13.3 Å². The lowest BCUT2D eigenvalue weighted by Gasteiger charge is -2.41. The number of aliphatic hydroxyl groups is 1.